The highest BCUT2D eigenvalue weighted by Gasteiger charge is 2.27. The van der Waals surface area contributed by atoms with Crippen molar-refractivity contribution in [2.45, 2.75) is 12.5 Å². The van der Waals surface area contributed by atoms with Crippen LogP contribution in [0.5, 0.6) is 5.75 Å². The summed E-state index contributed by atoms with van der Waals surface area (Å²) in [6.07, 6.45) is 3.54. The number of nitrogens with zero attached hydrogens (tertiary/aromatic N) is 2. The fourth-order valence-corrected chi connectivity index (χ4v) is 4.01. The number of ether oxygens (including phenoxy) is 1. The number of hydrogen-bond acceptors (Lipinski definition) is 5. The fourth-order valence-electron chi connectivity index (χ4n) is 2.94. The van der Waals surface area contributed by atoms with Crippen molar-refractivity contribution in [2.75, 3.05) is 31.4 Å². The van der Waals surface area contributed by atoms with Crippen molar-refractivity contribution >= 4 is 38.2 Å². The minimum Gasteiger partial charge on any atom is -0.497 e. The van der Waals surface area contributed by atoms with Gasteiger partial charge in [0.15, 0.2) is 0 Å². The van der Waals surface area contributed by atoms with E-state index in [0.717, 1.165) is 35.3 Å². The SMILES string of the molecule is COc1ccc2ncc(Cl)c(N3CCC(NS(C)(=O)=O)C3)c2c1. The number of hydrogen-bond donors (Lipinski definition) is 1. The van der Waals surface area contributed by atoms with Gasteiger partial charge in [0, 0.05) is 30.7 Å². The van der Waals surface area contributed by atoms with Crippen molar-refractivity contribution in [1.82, 2.24) is 9.71 Å². The predicted octanol–water partition coefficient (Wildman–Crippen LogP) is 2.02. The lowest BCUT2D eigenvalue weighted by molar-refractivity contribution is 0.415. The Hall–Kier alpha value is -1.57. The van der Waals surface area contributed by atoms with Crippen LogP contribution in [0.25, 0.3) is 10.9 Å². The van der Waals surface area contributed by atoms with Gasteiger partial charge in [-0.25, -0.2) is 13.1 Å². The van der Waals surface area contributed by atoms with Crippen molar-refractivity contribution in [2.24, 2.45) is 0 Å². The van der Waals surface area contributed by atoms with Crippen LogP contribution in [0.3, 0.4) is 0 Å². The molecule has 2 aromatic rings. The molecule has 0 saturated carbocycles. The van der Waals surface area contributed by atoms with Crippen LogP contribution in [0.2, 0.25) is 5.02 Å². The van der Waals surface area contributed by atoms with E-state index in [1.165, 1.54) is 6.26 Å². The van der Waals surface area contributed by atoms with Gasteiger partial charge in [0.1, 0.15) is 5.75 Å². The predicted molar refractivity (Wildman–Crippen MR) is 91.9 cm³/mol. The topological polar surface area (TPSA) is 71.5 Å². The quantitative estimate of drug-likeness (QED) is 0.908. The van der Waals surface area contributed by atoms with Crippen LogP contribution in [-0.4, -0.2) is 45.9 Å². The minimum absolute atomic E-state index is 0.116. The average molecular weight is 356 g/mol. The highest BCUT2D eigenvalue weighted by molar-refractivity contribution is 7.88. The first-order valence-corrected chi connectivity index (χ1v) is 9.49. The number of halogens is 1. The van der Waals surface area contributed by atoms with E-state index in [1.54, 1.807) is 13.3 Å². The minimum atomic E-state index is -3.22. The lowest BCUT2D eigenvalue weighted by atomic mass is 10.1. The van der Waals surface area contributed by atoms with Crippen LogP contribution in [-0.2, 0) is 10.0 Å². The Morgan fingerprint density at radius 3 is 2.91 bits per heavy atom. The van der Waals surface area contributed by atoms with Crippen LogP contribution >= 0.6 is 11.6 Å². The zero-order valence-electron chi connectivity index (χ0n) is 12.9. The molecule has 23 heavy (non-hydrogen) atoms. The molecule has 1 aliphatic heterocycles. The van der Waals surface area contributed by atoms with Gasteiger partial charge >= 0.3 is 0 Å². The normalized spacial score (nSPS) is 18.6. The molecule has 0 radical (unpaired) electrons. The number of nitrogens with one attached hydrogen (secondary N) is 1. The number of benzene rings is 1. The molecule has 1 saturated heterocycles. The second-order valence-corrected chi connectivity index (χ2v) is 7.85. The summed E-state index contributed by atoms with van der Waals surface area (Å²) >= 11 is 6.38. The van der Waals surface area contributed by atoms with Crippen molar-refractivity contribution < 1.29 is 13.2 Å². The Morgan fingerprint density at radius 2 is 2.22 bits per heavy atom. The van der Waals surface area contributed by atoms with Crippen molar-refractivity contribution in [1.29, 1.82) is 0 Å². The standard InChI is InChI=1S/C15H18ClN3O3S/c1-22-11-3-4-14-12(7-11)15(13(16)8-17-14)19-6-5-10(9-19)18-23(2,20)21/h3-4,7-8,10,18H,5-6,9H2,1-2H3. The summed E-state index contributed by atoms with van der Waals surface area (Å²) in [6, 6.07) is 5.53. The van der Waals surface area contributed by atoms with Crippen molar-refractivity contribution in [3.63, 3.8) is 0 Å². The maximum absolute atomic E-state index is 11.4. The summed E-state index contributed by atoms with van der Waals surface area (Å²) in [5.74, 6) is 0.729. The first-order chi connectivity index (χ1) is 10.9. The third-order valence-electron chi connectivity index (χ3n) is 3.89. The zero-order valence-corrected chi connectivity index (χ0v) is 14.5. The van der Waals surface area contributed by atoms with Crippen molar-refractivity contribution in [3.8, 4) is 5.75 Å². The molecule has 1 N–H and O–H groups in total. The molecule has 0 spiro atoms. The van der Waals surface area contributed by atoms with E-state index >= 15 is 0 Å². The third kappa shape index (κ3) is 3.52. The van der Waals surface area contributed by atoms with E-state index < -0.39 is 10.0 Å². The molecule has 1 fully saturated rings. The molecule has 1 atom stereocenters. The van der Waals surface area contributed by atoms with Gasteiger partial charge in [0.05, 0.1) is 29.6 Å². The lowest BCUT2D eigenvalue weighted by Crippen LogP contribution is -2.36. The molecule has 1 unspecified atom stereocenters. The summed E-state index contributed by atoms with van der Waals surface area (Å²) in [4.78, 5) is 6.43. The maximum atomic E-state index is 11.4. The Kier molecular flexibility index (Phi) is 4.35. The van der Waals surface area contributed by atoms with Crippen LogP contribution in [0, 0.1) is 0 Å². The van der Waals surface area contributed by atoms with Gasteiger partial charge in [0.25, 0.3) is 0 Å². The second-order valence-electron chi connectivity index (χ2n) is 5.66. The number of methoxy groups -OCH3 is 1. The first-order valence-electron chi connectivity index (χ1n) is 7.22. The monoisotopic (exact) mass is 355 g/mol. The summed E-state index contributed by atoms with van der Waals surface area (Å²) in [5.41, 5.74) is 1.69. The van der Waals surface area contributed by atoms with Crippen LogP contribution in [0.1, 0.15) is 6.42 Å². The van der Waals surface area contributed by atoms with E-state index in [0.29, 0.717) is 11.6 Å². The molecule has 1 aliphatic rings. The number of sulfonamides is 1. The van der Waals surface area contributed by atoms with Crippen molar-refractivity contribution in [3.05, 3.63) is 29.4 Å². The molecular formula is C15H18ClN3O3S. The Bertz CT molecular complexity index is 841. The fraction of sp³-hybridized carbons (Fsp3) is 0.400. The van der Waals surface area contributed by atoms with Crippen LogP contribution < -0.4 is 14.4 Å². The number of anilines is 1. The molecule has 2 heterocycles. The van der Waals surface area contributed by atoms with E-state index in [-0.39, 0.29) is 6.04 Å². The Balaban J connectivity index is 1.98. The molecule has 0 bridgehead atoms. The van der Waals surface area contributed by atoms with Gasteiger partial charge in [-0.1, -0.05) is 11.6 Å². The van der Waals surface area contributed by atoms with Gasteiger partial charge < -0.3 is 9.64 Å². The number of pyridine rings is 1. The summed E-state index contributed by atoms with van der Waals surface area (Å²) in [5, 5.41) is 1.45. The highest BCUT2D eigenvalue weighted by Crippen LogP contribution is 2.36. The molecular weight excluding hydrogens is 338 g/mol. The summed E-state index contributed by atoms with van der Waals surface area (Å²) < 4.78 is 30.8. The second kappa shape index (κ2) is 6.14. The summed E-state index contributed by atoms with van der Waals surface area (Å²) in [6.45, 7) is 1.30. The lowest BCUT2D eigenvalue weighted by Gasteiger charge is -2.22. The third-order valence-corrected chi connectivity index (χ3v) is 4.93. The summed E-state index contributed by atoms with van der Waals surface area (Å²) in [7, 11) is -1.61. The largest absolute Gasteiger partial charge is 0.497 e. The van der Waals surface area contributed by atoms with Gasteiger partial charge in [-0.2, -0.15) is 0 Å². The molecule has 124 valence electrons. The Morgan fingerprint density at radius 1 is 1.43 bits per heavy atom. The van der Waals surface area contributed by atoms with E-state index in [4.69, 9.17) is 16.3 Å². The number of rotatable bonds is 4. The maximum Gasteiger partial charge on any atom is 0.209 e. The molecule has 0 amide bonds. The average Bonchev–Trinajstić information content (AvgIpc) is 2.92. The Labute approximate surface area is 140 Å². The van der Waals surface area contributed by atoms with Gasteiger partial charge in [0.2, 0.25) is 10.0 Å². The first kappa shape index (κ1) is 16.3. The van der Waals surface area contributed by atoms with Gasteiger partial charge in [-0.05, 0) is 24.6 Å². The molecule has 0 aliphatic carbocycles. The van der Waals surface area contributed by atoms with E-state index in [2.05, 4.69) is 14.6 Å². The van der Waals surface area contributed by atoms with Crippen LogP contribution in [0.4, 0.5) is 5.69 Å². The number of aromatic nitrogens is 1. The van der Waals surface area contributed by atoms with Crippen LogP contribution in [0.15, 0.2) is 24.4 Å². The molecule has 1 aromatic carbocycles. The zero-order chi connectivity index (χ0) is 16.6. The molecule has 1 aromatic heterocycles. The molecule has 8 heteroatoms. The highest BCUT2D eigenvalue weighted by atomic mass is 35.5. The molecule has 3 rings (SSSR count). The van der Waals surface area contributed by atoms with Gasteiger partial charge in [-0.3, -0.25) is 4.98 Å². The van der Waals surface area contributed by atoms with E-state index in [1.807, 2.05) is 18.2 Å². The molecule has 6 nitrogen and oxygen atoms in total. The van der Waals surface area contributed by atoms with Gasteiger partial charge in [-0.15, -0.1) is 0 Å². The number of fused-ring (bicyclic) bond motifs is 1. The van der Waals surface area contributed by atoms with E-state index in [9.17, 15) is 8.42 Å². The smallest absolute Gasteiger partial charge is 0.209 e.